The smallest absolute Gasteiger partial charge is 0.153 e. The van der Waals surface area contributed by atoms with Crippen LogP contribution in [0.25, 0.3) is 11.1 Å². The highest BCUT2D eigenvalue weighted by molar-refractivity contribution is 6.32. The van der Waals surface area contributed by atoms with Crippen LogP contribution in [0.3, 0.4) is 0 Å². The van der Waals surface area contributed by atoms with E-state index < -0.39 is 0 Å². The molecule has 0 aliphatic heterocycles. The second-order valence-electron chi connectivity index (χ2n) is 8.84. The Morgan fingerprint density at radius 3 is 2.49 bits per heavy atom. The standard InChI is InChI=1S/C32H27Cl2NO4/c1-22-26(9-4-11-29(22)25-8-3-10-28(15-25)37-13-5-12-33)21-39-32-17-31(27(19-36)16-30(32)34)38-20-24-7-2-6-23(14-24)18-35/h2-4,6-11,14-17,19H,5,12-13,20-21H2,1H3. The third kappa shape index (κ3) is 7.32. The van der Waals surface area contributed by atoms with Crippen LogP contribution in [0.15, 0.2) is 78.9 Å². The molecule has 0 unspecified atom stereocenters. The lowest BCUT2D eigenvalue weighted by Crippen LogP contribution is -2.03. The number of rotatable bonds is 12. The molecule has 0 fully saturated rings. The van der Waals surface area contributed by atoms with Crippen molar-refractivity contribution in [1.29, 1.82) is 5.26 Å². The third-order valence-corrected chi connectivity index (χ3v) is 6.73. The number of ether oxygens (including phenoxy) is 3. The molecule has 0 N–H and O–H groups in total. The molecule has 0 saturated carbocycles. The van der Waals surface area contributed by atoms with Crippen LogP contribution < -0.4 is 14.2 Å². The minimum Gasteiger partial charge on any atom is -0.494 e. The second kappa shape index (κ2) is 13.7. The number of nitriles is 1. The molecule has 0 heterocycles. The minimum absolute atomic E-state index is 0.188. The number of carbonyl (C=O) groups is 1. The molecule has 4 aromatic carbocycles. The molecule has 4 rings (SSSR count). The molecule has 0 spiro atoms. The van der Waals surface area contributed by atoms with Crippen LogP contribution >= 0.6 is 23.2 Å². The summed E-state index contributed by atoms with van der Waals surface area (Å²) in [6, 6.07) is 26.4. The minimum atomic E-state index is 0.188. The Balaban J connectivity index is 1.51. The van der Waals surface area contributed by atoms with Crippen LogP contribution in [0.2, 0.25) is 5.02 Å². The fourth-order valence-electron chi connectivity index (χ4n) is 4.08. The summed E-state index contributed by atoms with van der Waals surface area (Å²) in [7, 11) is 0. The zero-order chi connectivity index (χ0) is 27.6. The van der Waals surface area contributed by atoms with Gasteiger partial charge in [0.15, 0.2) is 6.29 Å². The molecule has 0 aliphatic rings. The highest BCUT2D eigenvalue weighted by Gasteiger charge is 2.13. The van der Waals surface area contributed by atoms with Crippen LogP contribution in [-0.4, -0.2) is 18.8 Å². The SMILES string of the molecule is Cc1c(COc2cc(OCc3cccc(C#N)c3)c(C=O)cc2Cl)cccc1-c1cccc(OCCCCl)c1. The maximum atomic E-state index is 11.7. The Kier molecular flexibility index (Phi) is 9.85. The van der Waals surface area contributed by atoms with E-state index in [9.17, 15) is 4.79 Å². The number of benzene rings is 4. The van der Waals surface area contributed by atoms with Crippen molar-refractivity contribution < 1.29 is 19.0 Å². The predicted molar refractivity (Wildman–Crippen MR) is 154 cm³/mol. The van der Waals surface area contributed by atoms with Gasteiger partial charge in [0.05, 0.1) is 28.8 Å². The van der Waals surface area contributed by atoms with E-state index in [0.29, 0.717) is 46.4 Å². The van der Waals surface area contributed by atoms with Gasteiger partial charge < -0.3 is 14.2 Å². The van der Waals surface area contributed by atoms with E-state index in [1.807, 2.05) is 42.5 Å². The number of hydrogen-bond donors (Lipinski definition) is 0. The largest absolute Gasteiger partial charge is 0.494 e. The maximum absolute atomic E-state index is 11.7. The van der Waals surface area contributed by atoms with Gasteiger partial charge in [0, 0.05) is 11.9 Å². The molecule has 39 heavy (non-hydrogen) atoms. The van der Waals surface area contributed by atoms with Gasteiger partial charge in [-0.15, -0.1) is 11.6 Å². The molecule has 7 heteroatoms. The van der Waals surface area contributed by atoms with Crippen molar-refractivity contribution in [2.75, 3.05) is 12.5 Å². The number of hydrogen-bond acceptors (Lipinski definition) is 5. The molecule has 0 atom stereocenters. The zero-order valence-corrected chi connectivity index (χ0v) is 23.0. The summed E-state index contributed by atoms with van der Waals surface area (Å²) in [6.07, 6.45) is 1.48. The lowest BCUT2D eigenvalue weighted by Gasteiger charge is -2.16. The molecule has 5 nitrogen and oxygen atoms in total. The number of halogens is 2. The van der Waals surface area contributed by atoms with E-state index in [-0.39, 0.29) is 13.2 Å². The van der Waals surface area contributed by atoms with Crippen molar-refractivity contribution in [3.8, 4) is 34.4 Å². The zero-order valence-electron chi connectivity index (χ0n) is 21.5. The van der Waals surface area contributed by atoms with Gasteiger partial charge in [-0.3, -0.25) is 4.79 Å². The van der Waals surface area contributed by atoms with Gasteiger partial charge in [0.2, 0.25) is 0 Å². The van der Waals surface area contributed by atoms with Gasteiger partial charge in [-0.25, -0.2) is 0 Å². The maximum Gasteiger partial charge on any atom is 0.153 e. The van der Waals surface area contributed by atoms with Gasteiger partial charge in [-0.2, -0.15) is 5.26 Å². The van der Waals surface area contributed by atoms with E-state index in [2.05, 4.69) is 19.1 Å². The van der Waals surface area contributed by atoms with Crippen molar-refractivity contribution in [3.63, 3.8) is 0 Å². The molecule has 0 aliphatic carbocycles. The van der Waals surface area contributed by atoms with Gasteiger partial charge in [-0.05, 0) is 71.5 Å². The van der Waals surface area contributed by atoms with Gasteiger partial charge in [-0.1, -0.05) is 54.1 Å². The first-order valence-electron chi connectivity index (χ1n) is 12.4. The monoisotopic (exact) mass is 559 g/mol. The van der Waals surface area contributed by atoms with E-state index >= 15 is 0 Å². The summed E-state index contributed by atoms with van der Waals surface area (Å²) in [5, 5.41) is 9.44. The topological polar surface area (TPSA) is 68.5 Å². The Hall–Kier alpha value is -3.98. The van der Waals surface area contributed by atoms with E-state index in [1.54, 1.807) is 24.3 Å². The summed E-state index contributed by atoms with van der Waals surface area (Å²) < 4.78 is 17.8. The number of nitrogens with zero attached hydrogens (tertiary/aromatic N) is 1. The van der Waals surface area contributed by atoms with Crippen molar-refractivity contribution in [1.82, 2.24) is 0 Å². The summed E-state index contributed by atoms with van der Waals surface area (Å²) >= 11 is 12.2. The normalized spacial score (nSPS) is 10.5. The molecular formula is C32H27Cl2NO4. The van der Waals surface area contributed by atoms with Crippen molar-refractivity contribution in [2.24, 2.45) is 0 Å². The lowest BCUT2D eigenvalue weighted by molar-refractivity contribution is 0.111. The highest BCUT2D eigenvalue weighted by Crippen LogP contribution is 2.34. The van der Waals surface area contributed by atoms with Crippen molar-refractivity contribution in [2.45, 2.75) is 26.6 Å². The summed E-state index contributed by atoms with van der Waals surface area (Å²) in [5.41, 5.74) is 5.85. The molecule has 0 radical (unpaired) electrons. The van der Waals surface area contributed by atoms with Crippen LogP contribution in [0.1, 0.15) is 39.0 Å². The van der Waals surface area contributed by atoms with Crippen LogP contribution in [0.5, 0.6) is 17.2 Å². The Labute approximate surface area is 238 Å². The third-order valence-electron chi connectivity index (χ3n) is 6.16. The average Bonchev–Trinajstić information content (AvgIpc) is 2.96. The number of alkyl halides is 1. The first-order chi connectivity index (χ1) is 19.0. The summed E-state index contributed by atoms with van der Waals surface area (Å²) in [6.45, 7) is 3.08. The fraction of sp³-hybridized carbons (Fsp3) is 0.188. The second-order valence-corrected chi connectivity index (χ2v) is 9.62. The van der Waals surface area contributed by atoms with E-state index in [4.69, 9.17) is 42.7 Å². The Bertz CT molecular complexity index is 1500. The molecule has 4 aromatic rings. The van der Waals surface area contributed by atoms with Crippen LogP contribution in [-0.2, 0) is 13.2 Å². The lowest BCUT2D eigenvalue weighted by atomic mass is 9.96. The van der Waals surface area contributed by atoms with E-state index in [1.165, 1.54) is 6.07 Å². The number of aldehydes is 1. The first-order valence-corrected chi connectivity index (χ1v) is 13.3. The summed E-state index contributed by atoms with van der Waals surface area (Å²) in [4.78, 5) is 11.7. The van der Waals surface area contributed by atoms with Crippen molar-refractivity contribution in [3.05, 3.63) is 112 Å². The van der Waals surface area contributed by atoms with Gasteiger partial charge in [0.25, 0.3) is 0 Å². The molecule has 0 bridgehead atoms. The fourth-order valence-corrected chi connectivity index (χ4v) is 4.41. The van der Waals surface area contributed by atoms with Gasteiger partial charge in [0.1, 0.15) is 30.5 Å². The quantitative estimate of drug-likeness (QED) is 0.0994. The molecule has 198 valence electrons. The van der Waals surface area contributed by atoms with Crippen LogP contribution in [0, 0.1) is 18.3 Å². The first kappa shape index (κ1) is 28.0. The number of carbonyl (C=O) groups excluding carboxylic acids is 1. The molecule has 0 aromatic heterocycles. The average molecular weight is 560 g/mol. The van der Waals surface area contributed by atoms with Gasteiger partial charge >= 0.3 is 0 Å². The van der Waals surface area contributed by atoms with Crippen LogP contribution in [0.4, 0.5) is 0 Å². The Morgan fingerprint density at radius 1 is 0.897 bits per heavy atom. The molecule has 0 saturated heterocycles. The van der Waals surface area contributed by atoms with Crippen molar-refractivity contribution >= 4 is 29.5 Å². The Morgan fingerprint density at radius 2 is 1.69 bits per heavy atom. The summed E-state index contributed by atoms with van der Waals surface area (Å²) in [5.74, 6) is 2.12. The molecule has 0 amide bonds. The van der Waals surface area contributed by atoms with E-state index in [0.717, 1.165) is 40.0 Å². The predicted octanol–water partition coefficient (Wildman–Crippen LogP) is 8.17. The highest BCUT2D eigenvalue weighted by atomic mass is 35.5. The molecular weight excluding hydrogens is 533 g/mol.